The van der Waals surface area contributed by atoms with Crippen LogP contribution in [0.25, 0.3) is 0 Å². The third kappa shape index (κ3) is 3.47. The van der Waals surface area contributed by atoms with Crippen LogP contribution in [0.2, 0.25) is 0 Å². The molecule has 0 fully saturated rings. The predicted molar refractivity (Wildman–Crippen MR) is 70.7 cm³/mol. The van der Waals surface area contributed by atoms with Gasteiger partial charge in [-0.1, -0.05) is 0 Å². The molecule has 0 saturated heterocycles. The summed E-state index contributed by atoms with van der Waals surface area (Å²) >= 11 is 4.65. The summed E-state index contributed by atoms with van der Waals surface area (Å²) in [4.78, 5) is 6.26. The molecule has 1 rings (SSSR count). The maximum atomic E-state index is 5.27. The molecule has 16 heavy (non-hydrogen) atoms. The molecular weight excluding hydrogens is 222 g/mol. The molecule has 0 spiro atoms. The summed E-state index contributed by atoms with van der Waals surface area (Å²) in [5.41, 5.74) is 10.4. The van der Waals surface area contributed by atoms with Gasteiger partial charge in [0.2, 0.25) is 0 Å². The molecule has 6 heteroatoms. The monoisotopic (exact) mass is 237 g/mol. The van der Waals surface area contributed by atoms with E-state index in [2.05, 4.69) is 27.7 Å². The van der Waals surface area contributed by atoms with Gasteiger partial charge in [-0.2, -0.15) is 5.10 Å². The first-order chi connectivity index (χ1) is 7.50. The summed E-state index contributed by atoms with van der Waals surface area (Å²) < 4.78 is 0. The smallest absolute Gasteiger partial charge is 0.184 e. The fraction of sp³-hybridized carbons (Fsp3) is 0.300. The van der Waals surface area contributed by atoms with Crippen LogP contribution in [-0.2, 0) is 0 Å². The van der Waals surface area contributed by atoms with E-state index in [9.17, 15) is 0 Å². The topological polar surface area (TPSA) is 66.5 Å². The van der Waals surface area contributed by atoms with Gasteiger partial charge in [0.25, 0.3) is 0 Å². The Balaban J connectivity index is 2.81. The molecule has 0 amide bonds. The lowest BCUT2D eigenvalue weighted by Gasteiger charge is -2.11. The third-order valence-electron chi connectivity index (χ3n) is 1.97. The lowest BCUT2D eigenvalue weighted by molar-refractivity contribution is 1.02. The van der Waals surface area contributed by atoms with Gasteiger partial charge in [-0.3, -0.25) is 10.4 Å². The van der Waals surface area contributed by atoms with Crippen molar-refractivity contribution in [3.05, 3.63) is 24.0 Å². The van der Waals surface area contributed by atoms with Crippen molar-refractivity contribution >= 4 is 28.7 Å². The van der Waals surface area contributed by atoms with Crippen LogP contribution in [0, 0.1) is 0 Å². The van der Waals surface area contributed by atoms with Crippen molar-refractivity contribution in [2.75, 3.05) is 19.0 Å². The summed E-state index contributed by atoms with van der Waals surface area (Å²) in [6.07, 6.45) is 1.79. The van der Waals surface area contributed by atoms with Crippen molar-refractivity contribution in [2.24, 2.45) is 10.8 Å². The second kappa shape index (κ2) is 5.41. The van der Waals surface area contributed by atoms with Crippen molar-refractivity contribution < 1.29 is 0 Å². The Kier molecular flexibility index (Phi) is 4.19. The minimum absolute atomic E-state index is 0.143. The predicted octanol–water partition coefficient (Wildman–Crippen LogP) is 0.705. The van der Waals surface area contributed by atoms with Crippen molar-refractivity contribution in [2.45, 2.75) is 6.92 Å². The van der Waals surface area contributed by atoms with Crippen LogP contribution in [-0.4, -0.2) is 29.9 Å². The van der Waals surface area contributed by atoms with Crippen LogP contribution in [0.5, 0.6) is 0 Å². The summed E-state index contributed by atoms with van der Waals surface area (Å²) in [7, 11) is 3.93. The number of nitrogens with two attached hydrogens (primary N) is 1. The Morgan fingerprint density at radius 1 is 1.50 bits per heavy atom. The van der Waals surface area contributed by atoms with E-state index in [0.717, 1.165) is 17.1 Å². The molecule has 3 N–H and O–H groups in total. The number of pyridine rings is 1. The highest BCUT2D eigenvalue weighted by Crippen LogP contribution is 2.09. The first-order valence-electron chi connectivity index (χ1n) is 4.74. The highest BCUT2D eigenvalue weighted by molar-refractivity contribution is 7.80. The number of hydrogen-bond donors (Lipinski definition) is 2. The zero-order valence-electron chi connectivity index (χ0n) is 9.56. The summed E-state index contributed by atoms with van der Waals surface area (Å²) in [5, 5.41) is 4.14. The van der Waals surface area contributed by atoms with Crippen molar-refractivity contribution in [1.29, 1.82) is 0 Å². The molecule has 86 valence electrons. The van der Waals surface area contributed by atoms with Crippen LogP contribution < -0.4 is 16.1 Å². The zero-order chi connectivity index (χ0) is 12.1. The van der Waals surface area contributed by atoms with Crippen molar-refractivity contribution in [3.63, 3.8) is 0 Å². The zero-order valence-corrected chi connectivity index (χ0v) is 10.4. The molecule has 0 aliphatic carbocycles. The molecule has 5 nitrogen and oxygen atoms in total. The number of anilines is 1. The maximum absolute atomic E-state index is 5.27. The molecular formula is C10H15N5S. The molecule has 1 aromatic rings. The van der Waals surface area contributed by atoms with Crippen LogP contribution in [0.1, 0.15) is 12.6 Å². The lowest BCUT2D eigenvalue weighted by atomic mass is 10.2. The van der Waals surface area contributed by atoms with Gasteiger partial charge in [0.1, 0.15) is 0 Å². The fourth-order valence-corrected chi connectivity index (χ4v) is 1.11. The highest BCUT2D eigenvalue weighted by atomic mass is 32.1. The number of nitrogens with one attached hydrogen (secondary N) is 1. The van der Waals surface area contributed by atoms with Gasteiger partial charge >= 0.3 is 0 Å². The largest absolute Gasteiger partial charge is 0.376 e. The van der Waals surface area contributed by atoms with Crippen LogP contribution in [0.3, 0.4) is 0 Å². The second-order valence-electron chi connectivity index (χ2n) is 3.47. The third-order valence-corrected chi connectivity index (χ3v) is 2.06. The van der Waals surface area contributed by atoms with Crippen LogP contribution in [0.15, 0.2) is 23.4 Å². The van der Waals surface area contributed by atoms with Gasteiger partial charge in [0.05, 0.1) is 23.3 Å². The van der Waals surface area contributed by atoms with E-state index >= 15 is 0 Å². The number of hydrazone groups is 1. The quantitative estimate of drug-likeness (QED) is 0.460. The molecule has 0 aliphatic heterocycles. The molecule has 0 radical (unpaired) electrons. The van der Waals surface area contributed by atoms with Crippen LogP contribution in [0.4, 0.5) is 5.69 Å². The van der Waals surface area contributed by atoms with Gasteiger partial charge in [-0.25, -0.2) is 0 Å². The highest BCUT2D eigenvalue weighted by Gasteiger charge is 2.00. The number of thiocarbonyl (C=S) groups is 1. The number of aromatic nitrogens is 1. The number of nitrogens with zero attached hydrogens (tertiary/aromatic N) is 3. The maximum Gasteiger partial charge on any atom is 0.184 e. The van der Waals surface area contributed by atoms with Gasteiger partial charge < -0.3 is 10.6 Å². The number of rotatable bonds is 3. The average molecular weight is 237 g/mol. The first-order valence-corrected chi connectivity index (χ1v) is 5.15. The van der Waals surface area contributed by atoms with Gasteiger partial charge in [0, 0.05) is 14.1 Å². The van der Waals surface area contributed by atoms with E-state index in [1.54, 1.807) is 6.20 Å². The Labute approximate surface area is 100 Å². The first kappa shape index (κ1) is 12.4. The van der Waals surface area contributed by atoms with E-state index < -0.39 is 0 Å². The Morgan fingerprint density at radius 2 is 2.19 bits per heavy atom. The molecule has 0 unspecified atom stereocenters. The normalized spacial score (nSPS) is 11.1. The molecule has 0 bridgehead atoms. The van der Waals surface area contributed by atoms with E-state index in [1.165, 1.54) is 0 Å². The van der Waals surface area contributed by atoms with Crippen molar-refractivity contribution in [3.8, 4) is 0 Å². The Hall–Kier alpha value is -1.69. The fourth-order valence-electron chi connectivity index (χ4n) is 1.06. The molecule has 1 heterocycles. The second-order valence-corrected chi connectivity index (χ2v) is 3.91. The van der Waals surface area contributed by atoms with E-state index in [-0.39, 0.29) is 5.11 Å². The minimum atomic E-state index is 0.143. The summed E-state index contributed by atoms with van der Waals surface area (Å²) in [6, 6.07) is 3.87. The SMILES string of the molecule is C/C(=N\NC(N)=S)c1ccc(N(C)C)cn1. The molecule has 0 aromatic carbocycles. The van der Waals surface area contributed by atoms with E-state index in [1.807, 2.05) is 38.1 Å². The lowest BCUT2D eigenvalue weighted by Crippen LogP contribution is -2.25. The Morgan fingerprint density at radius 3 is 2.62 bits per heavy atom. The van der Waals surface area contributed by atoms with Gasteiger partial charge in [-0.15, -0.1) is 0 Å². The van der Waals surface area contributed by atoms with Crippen molar-refractivity contribution in [1.82, 2.24) is 10.4 Å². The summed E-state index contributed by atoms with van der Waals surface area (Å²) in [5.74, 6) is 0. The minimum Gasteiger partial charge on any atom is -0.376 e. The molecule has 0 aliphatic rings. The molecule has 0 atom stereocenters. The van der Waals surface area contributed by atoms with E-state index in [0.29, 0.717) is 0 Å². The van der Waals surface area contributed by atoms with Gasteiger partial charge in [0.15, 0.2) is 5.11 Å². The Bertz CT molecular complexity index is 396. The van der Waals surface area contributed by atoms with E-state index in [4.69, 9.17) is 5.73 Å². The molecule has 1 aromatic heterocycles. The molecule has 0 saturated carbocycles. The summed E-state index contributed by atoms with van der Waals surface area (Å²) in [6.45, 7) is 1.84. The standard InChI is InChI=1S/C10H15N5S/c1-7(13-14-10(11)16)9-5-4-8(6-12-9)15(2)3/h4-6H,1-3H3,(H3,11,14,16)/b13-7+. The van der Waals surface area contributed by atoms with Gasteiger partial charge in [-0.05, 0) is 31.3 Å². The average Bonchev–Trinajstić information content (AvgIpc) is 2.26. The van der Waals surface area contributed by atoms with Crippen LogP contribution >= 0.6 is 12.2 Å². The number of hydrogen-bond acceptors (Lipinski definition) is 4.